The van der Waals surface area contributed by atoms with Crippen LogP contribution in [0, 0.1) is 23.2 Å². The Bertz CT molecular complexity index is 753. The lowest BCUT2D eigenvalue weighted by atomic mass is 9.44. The molecular weight excluding hydrogens is 366 g/mol. The van der Waals surface area contributed by atoms with Crippen LogP contribution in [0.4, 0.5) is 0 Å². The molecule has 5 heteroatoms. The molecule has 0 heterocycles. The predicted molar refractivity (Wildman–Crippen MR) is 113 cm³/mol. The van der Waals surface area contributed by atoms with Crippen LogP contribution in [0.5, 0.6) is 5.75 Å². The SMILES string of the molecule is COc1ccc(C(=O)N[C@@H]2[C@@H](C/C=C\CCCC(=O)O)C[C@H]3C[C@@H]2C3(C)C)cc1. The molecule has 0 aliphatic heterocycles. The zero-order chi connectivity index (χ0) is 21.0. The zero-order valence-corrected chi connectivity index (χ0v) is 17.7. The number of carbonyl (C=O) groups is 2. The number of fused-ring (bicyclic) bond motifs is 2. The van der Waals surface area contributed by atoms with Crippen molar-refractivity contribution in [3.8, 4) is 5.75 Å². The Morgan fingerprint density at radius 1 is 1.21 bits per heavy atom. The number of hydrogen-bond donors (Lipinski definition) is 2. The van der Waals surface area contributed by atoms with Gasteiger partial charge >= 0.3 is 5.97 Å². The molecule has 4 atom stereocenters. The second-order valence-corrected chi connectivity index (χ2v) is 9.08. The van der Waals surface area contributed by atoms with Gasteiger partial charge in [-0.15, -0.1) is 0 Å². The average Bonchev–Trinajstić information content (AvgIpc) is 2.70. The molecule has 5 nitrogen and oxygen atoms in total. The maximum Gasteiger partial charge on any atom is 0.303 e. The van der Waals surface area contributed by atoms with Gasteiger partial charge in [-0.05, 0) is 79.5 Å². The minimum atomic E-state index is -0.741. The van der Waals surface area contributed by atoms with Gasteiger partial charge in [0, 0.05) is 18.0 Å². The van der Waals surface area contributed by atoms with Crippen LogP contribution in [0.2, 0.25) is 0 Å². The number of rotatable bonds is 9. The smallest absolute Gasteiger partial charge is 0.303 e. The molecule has 4 rings (SSSR count). The molecule has 29 heavy (non-hydrogen) atoms. The molecule has 3 saturated carbocycles. The topological polar surface area (TPSA) is 75.6 Å². The molecule has 158 valence electrons. The van der Waals surface area contributed by atoms with Crippen LogP contribution in [-0.4, -0.2) is 30.1 Å². The van der Waals surface area contributed by atoms with Crippen molar-refractivity contribution in [1.82, 2.24) is 5.32 Å². The minimum absolute atomic E-state index is 0.0192. The number of benzene rings is 1. The van der Waals surface area contributed by atoms with Crippen molar-refractivity contribution in [2.45, 2.75) is 58.4 Å². The van der Waals surface area contributed by atoms with Gasteiger partial charge in [0.1, 0.15) is 5.75 Å². The van der Waals surface area contributed by atoms with Gasteiger partial charge in [-0.2, -0.15) is 0 Å². The fourth-order valence-electron chi connectivity index (χ4n) is 5.10. The summed E-state index contributed by atoms with van der Waals surface area (Å²) in [7, 11) is 1.62. The largest absolute Gasteiger partial charge is 0.497 e. The summed E-state index contributed by atoms with van der Waals surface area (Å²) < 4.78 is 5.18. The summed E-state index contributed by atoms with van der Waals surface area (Å²) in [5, 5.41) is 12.1. The Morgan fingerprint density at radius 3 is 2.55 bits per heavy atom. The molecule has 2 N–H and O–H groups in total. The summed E-state index contributed by atoms with van der Waals surface area (Å²) >= 11 is 0. The molecule has 0 saturated heterocycles. The number of carbonyl (C=O) groups excluding carboxylic acids is 1. The number of methoxy groups -OCH3 is 1. The average molecular weight is 400 g/mol. The van der Waals surface area contributed by atoms with Crippen molar-refractivity contribution < 1.29 is 19.4 Å². The van der Waals surface area contributed by atoms with E-state index in [1.807, 2.05) is 24.3 Å². The highest BCUT2D eigenvalue weighted by Crippen LogP contribution is 2.61. The number of carboxylic acid groups (broad SMARTS) is 1. The number of ether oxygens (including phenoxy) is 1. The molecule has 3 fully saturated rings. The minimum Gasteiger partial charge on any atom is -0.497 e. The number of carboxylic acids is 1. The van der Waals surface area contributed by atoms with E-state index in [0.717, 1.165) is 30.9 Å². The predicted octanol–water partition coefficient (Wildman–Crippen LogP) is 4.68. The first-order valence-corrected chi connectivity index (χ1v) is 10.6. The monoisotopic (exact) mass is 399 g/mol. The Morgan fingerprint density at radius 2 is 1.93 bits per heavy atom. The van der Waals surface area contributed by atoms with Crippen LogP contribution < -0.4 is 10.1 Å². The summed E-state index contributed by atoms with van der Waals surface area (Å²) in [6, 6.07) is 7.42. The highest BCUT2D eigenvalue weighted by atomic mass is 16.5. The van der Waals surface area contributed by atoms with Crippen LogP contribution >= 0.6 is 0 Å². The molecule has 1 aromatic rings. The highest BCUT2D eigenvalue weighted by molar-refractivity contribution is 5.94. The van der Waals surface area contributed by atoms with E-state index in [9.17, 15) is 9.59 Å². The Labute approximate surface area is 173 Å². The molecular formula is C24H33NO4. The first-order chi connectivity index (χ1) is 13.8. The lowest BCUT2D eigenvalue weighted by Crippen LogP contribution is -2.63. The maximum absolute atomic E-state index is 12.9. The summed E-state index contributed by atoms with van der Waals surface area (Å²) in [4.78, 5) is 23.5. The molecule has 1 aromatic carbocycles. The lowest BCUT2D eigenvalue weighted by molar-refractivity contribution is -0.137. The summed E-state index contributed by atoms with van der Waals surface area (Å²) in [5.74, 6) is 1.65. The van der Waals surface area contributed by atoms with E-state index < -0.39 is 5.97 Å². The van der Waals surface area contributed by atoms with Crippen LogP contribution in [0.25, 0.3) is 0 Å². The van der Waals surface area contributed by atoms with Crippen molar-refractivity contribution >= 4 is 11.9 Å². The number of hydrogen-bond acceptors (Lipinski definition) is 3. The van der Waals surface area contributed by atoms with Crippen LogP contribution in [0.3, 0.4) is 0 Å². The number of amides is 1. The second-order valence-electron chi connectivity index (χ2n) is 9.08. The van der Waals surface area contributed by atoms with E-state index in [1.165, 1.54) is 6.42 Å². The van der Waals surface area contributed by atoms with Crippen molar-refractivity contribution in [2.24, 2.45) is 23.2 Å². The van der Waals surface area contributed by atoms with E-state index in [1.54, 1.807) is 7.11 Å². The molecule has 2 bridgehead atoms. The molecule has 1 amide bonds. The van der Waals surface area contributed by atoms with E-state index in [2.05, 4.69) is 31.3 Å². The zero-order valence-electron chi connectivity index (χ0n) is 17.7. The van der Waals surface area contributed by atoms with Crippen molar-refractivity contribution in [2.75, 3.05) is 7.11 Å². The van der Waals surface area contributed by atoms with E-state index in [4.69, 9.17) is 9.84 Å². The molecule has 3 aliphatic carbocycles. The normalized spacial score (nSPS) is 27.3. The number of nitrogens with one attached hydrogen (secondary N) is 1. The molecule has 0 spiro atoms. The van der Waals surface area contributed by atoms with Gasteiger partial charge in [0.2, 0.25) is 0 Å². The lowest BCUT2D eigenvalue weighted by Gasteiger charge is -2.62. The van der Waals surface area contributed by atoms with Gasteiger partial charge in [0.05, 0.1) is 7.11 Å². The third-order valence-corrected chi connectivity index (χ3v) is 7.09. The van der Waals surface area contributed by atoms with Gasteiger partial charge in [0.25, 0.3) is 5.91 Å². The quantitative estimate of drug-likeness (QED) is 0.467. The molecule has 3 aliphatic rings. The van der Waals surface area contributed by atoms with Gasteiger partial charge in [-0.1, -0.05) is 26.0 Å². The second kappa shape index (κ2) is 9.02. The van der Waals surface area contributed by atoms with Gasteiger partial charge in [-0.3, -0.25) is 9.59 Å². The van der Waals surface area contributed by atoms with Crippen LogP contribution in [0.1, 0.15) is 62.7 Å². The van der Waals surface area contributed by atoms with E-state index in [-0.39, 0.29) is 23.8 Å². The number of allylic oxidation sites excluding steroid dienone is 2. The first kappa shape index (κ1) is 21.4. The van der Waals surface area contributed by atoms with Gasteiger partial charge < -0.3 is 15.2 Å². The summed E-state index contributed by atoms with van der Waals surface area (Å²) in [5.41, 5.74) is 0.938. The fourth-order valence-corrected chi connectivity index (χ4v) is 5.10. The molecule has 0 unspecified atom stereocenters. The van der Waals surface area contributed by atoms with Gasteiger partial charge in [0.15, 0.2) is 0 Å². The maximum atomic E-state index is 12.9. The third-order valence-electron chi connectivity index (χ3n) is 7.09. The fraction of sp³-hybridized carbons (Fsp3) is 0.583. The number of unbranched alkanes of at least 4 members (excludes halogenated alkanes) is 1. The van der Waals surface area contributed by atoms with E-state index in [0.29, 0.717) is 23.8 Å². The van der Waals surface area contributed by atoms with E-state index >= 15 is 0 Å². The molecule has 0 aromatic heterocycles. The van der Waals surface area contributed by atoms with Crippen molar-refractivity contribution in [3.63, 3.8) is 0 Å². The third kappa shape index (κ3) is 4.82. The first-order valence-electron chi connectivity index (χ1n) is 10.6. The summed E-state index contributed by atoms with van der Waals surface area (Å²) in [6.07, 6.45) is 9.21. The number of aliphatic carboxylic acids is 1. The molecule has 0 radical (unpaired) electrons. The van der Waals surface area contributed by atoms with Crippen LogP contribution in [-0.2, 0) is 4.79 Å². The van der Waals surface area contributed by atoms with Crippen molar-refractivity contribution in [1.29, 1.82) is 0 Å². The highest BCUT2D eigenvalue weighted by Gasteiger charge is 2.57. The Balaban J connectivity index is 1.62. The van der Waals surface area contributed by atoms with Crippen molar-refractivity contribution in [3.05, 3.63) is 42.0 Å². The van der Waals surface area contributed by atoms with Crippen LogP contribution in [0.15, 0.2) is 36.4 Å². The Kier molecular flexibility index (Phi) is 6.66. The Hall–Kier alpha value is -2.30. The summed E-state index contributed by atoms with van der Waals surface area (Å²) in [6.45, 7) is 4.66. The van der Waals surface area contributed by atoms with Gasteiger partial charge in [-0.25, -0.2) is 0 Å². The standard InChI is InChI=1S/C24H33NO4/c1-24(2)18-14-17(8-6-4-5-7-9-21(26)27)22(20(24)15-18)25-23(28)16-10-12-19(29-3)13-11-16/h4,6,10-13,17-18,20,22H,5,7-9,14-15H2,1-3H3,(H,25,28)(H,26,27)/b6-4-/t17-,18-,20-,22+/m0/s1.